The van der Waals surface area contributed by atoms with Crippen molar-refractivity contribution in [2.75, 3.05) is 0 Å². The van der Waals surface area contributed by atoms with Crippen molar-refractivity contribution in [1.82, 2.24) is 0 Å². The maximum Gasteiger partial charge on any atom is 0.0914 e. The van der Waals surface area contributed by atoms with Crippen LogP contribution in [-0.4, -0.2) is 10.7 Å². The number of benzene rings is 2. The fourth-order valence-corrected chi connectivity index (χ4v) is 4.29. The molecule has 1 nitrogen and oxygen atoms in total. The first-order valence-electron chi connectivity index (χ1n) is 11.3. The molecule has 0 unspecified atom stereocenters. The molecule has 0 amide bonds. The Morgan fingerprint density at radius 1 is 0.828 bits per heavy atom. The van der Waals surface area contributed by atoms with Gasteiger partial charge in [0.2, 0.25) is 0 Å². The highest BCUT2D eigenvalue weighted by Gasteiger charge is 2.34. The summed E-state index contributed by atoms with van der Waals surface area (Å²) in [5.41, 5.74) is 3.39. The average Bonchev–Trinajstić information content (AvgIpc) is 2.74. The molecule has 0 saturated heterocycles. The lowest BCUT2D eigenvalue weighted by Crippen LogP contribution is -2.32. The van der Waals surface area contributed by atoms with Gasteiger partial charge in [-0.1, -0.05) is 118 Å². The molecule has 0 aliphatic heterocycles. The fourth-order valence-electron chi connectivity index (χ4n) is 4.29. The van der Waals surface area contributed by atoms with Crippen LogP contribution in [0.1, 0.15) is 82.3 Å². The van der Waals surface area contributed by atoms with Crippen LogP contribution in [0, 0.1) is 11.8 Å². The topological polar surface area (TPSA) is 20.2 Å². The van der Waals surface area contributed by atoms with E-state index in [1.54, 1.807) is 0 Å². The molecule has 2 aromatic carbocycles. The maximum atomic E-state index is 12.0. The third-order valence-corrected chi connectivity index (χ3v) is 5.89. The van der Waals surface area contributed by atoms with Crippen molar-refractivity contribution in [1.29, 1.82) is 0 Å². The summed E-state index contributed by atoms with van der Waals surface area (Å²) < 4.78 is 0. The van der Waals surface area contributed by atoms with Crippen LogP contribution in [0.15, 0.2) is 60.7 Å². The van der Waals surface area contributed by atoms with Crippen LogP contribution in [0.3, 0.4) is 0 Å². The normalized spacial score (nSPS) is 17.3. The Hall–Kier alpha value is -2.30. The molecule has 1 aliphatic carbocycles. The van der Waals surface area contributed by atoms with E-state index < -0.39 is 5.60 Å². The minimum Gasteiger partial charge on any atom is -0.385 e. The molecule has 0 bridgehead atoms. The zero-order chi connectivity index (χ0) is 20.4. The van der Waals surface area contributed by atoms with Crippen LogP contribution in [0.2, 0.25) is 0 Å². The van der Waals surface area contributed by atoms with Gasteiger partial charge in [0.15, 0.2) is 0 Å². The third kappa shape index (κ3) is 5.84. The predicted octanol–water partition coefficient (Wildman–Crippen LogP) is 7.27. The number of allylic oxidation sites excluding steroid dienone is 1. The molecule has 1 heteroatoms. The van der Waals surface area contributed by atoms with Crippen molar-refractivity contribution in [3.8, 4) is 11.8 Å². The lowest BCUT2D eigenvalue weighted by Gasteiger charge is -2.34. The van der Waals surface area contributed by atoms with Crippen LogP contribution in [0.5, 0.6) is 0 Å². The summed E-state index contributed by atoms with van der Waals surface area (Å²) in [4.78, 5) is 0. The van der Waals surface area contributed by atoms with Gasteiger partial charge in [-0.25, -0.2) is 0 Å². The van der Waals surface area contributed by atoms with Gasteiger partial charge in [0.05, 0.1) is 5.60 Å². The van der Waals surface area contributed by atoms with Gasteiger partial charge in [0.1, 0.15) is 0 Å². The number of aliphatic hydroxyl groups is 1. The molecule has 1 aliphatic rings. The molecule has 3 rings (SSSR count). The van der Waals surface area contributed by atoms with Crippen LogP contribution < -0.4 is 0 Å². The summed E-state index contributed by atoms with van der Waals surface area (Å²) in [5.74, 6) is 6.90. The zero-order valence-electron chi connectivity index (χ0n) is 17.8. The quantitative estimate of drug-likeness (QED) is 0.325. The highest BCUT2D eigenvalue weighted by atomic mass is 16.3. The molecule has 0 heterocycles. The smallest absolute Gasteiger partial charge is 0.0914 e. The SMILES string of the molecule is CCCCC#C/C(=C(/c1ccccc1)C1(O)CCCCCCC1)c1ccccc1. The highest BCUT2D eigenvalue weighted by Crippen LogP contribution is 2.42. The lowest BCUT2D eigenvalue weighted by atomic mass is 9.75. The number of unbranched alkanes of at least 4 members (excludes halogenated alkanes) is 2. The van der Waals surface area contributed by atoms with E-state index in [2.05, 4.69) is 67.3 Å². The van der Waals surface area contributed by atoms with E-state index >= 15 is 0 Å². The van der Waals surface area contributed by atoms with Crippen molar-refractivity contribution >= 4 is 11.1 Å². The molecule has 1 fully saturated rings. The Labute approximate surface area is 176 Å². The molecule has 2 aromatic rings. The van der Waals surface area contributed by atoms with Gasteiger partial charge < -0.3 is 5.11 Å². The van der Waals surface area contributed by atoms with Gasteiger partial charge in [-0.3, -0.25) is 0 Å². The molecular weight excluding hydrogens is 352 g/mol. The van der Waals surface area contributed by atoms with E-state index in [1.165, 1.54) is 19.3 Å². The lowest BCUT2D eigenvalue weighted by molar-refractivity contribution is 0.0726. The summed E-state index contributed by atoms with van der Waals surface area (Å²) in [5, 5.41) is 12.0. The van der Waals surface area contributed by atoms with Gasteiger partial charge in [-0.2, -0.15) is 0 Å². The van der Waals surface area contributed by atoms with Crippen molar-refractivity contribution in [3.05, 3.63) is 71.8 Å². The van der Waals surface area contributed by atoms with E-state index in [0.717, 1.165) is 67.2 Å². The monoisotopic (exact) mass is 386 g/mol. The number of hydrogen-bond donors (Lipinski definition) is 1. The minimum absolute atomic E-state index is 0.810. The first-order valence-corrected chi connectivity index (χ1v) is 11.3. The Morgan fingerprint density at radius 3 is 1.97 bits per heavy atom. The van der Waals surface area contributed by atoms with E-state index in [1.807, 2.05) is 12.1 Å². The first-order chi connectivity index (χ1) is 14.2. The van der Waals surface area contributed by atoms with Crippen molar-refractivity contribution < 1.29 is 5.11 Å². The molecule has 0 aromatic heterocycles. The van der Waals surface area contributed by atoms with Gasteiger partial charge in [-0.05, 0) is 30.4 Å². The van der Waals surface area contributed by atoms with Gasteiger partial charge in [-0.15, -0.1) is 0 Å². The van der Waals surface area contributed by atoms with Gasteiger partial charge in [0.25, 0.3) is 0 Å². The maximum absolute atomic E-state index is 12.0. The average molecular weight is 387 g/mol. The highest BCUT2D eigenvalue weighted by molar-refractivity contribution is 6.01. The summed E-state index contributed by atoms with van der Waals surface area (Å²) >= 11 is 0. The Morgan fingerprint density at radius 2 is 1.38 bits per heavy atom. The second-order valence-electron chi connectivity index (χ2n) is 8.19. The van der Waals surface area contributed by atoms with E-state index in [-0.39, 0.29) is 0 Å². The third-order valence-electron chi connectivity index (χ3n) is 5.89. The van der Waals surface area contributed by atoms with Gasteiger partial charge in [0, 0.05) is 17.6 Å². The Kier molecular flexibility index (Phi) is 8.14. The molecule has 0 spiro atoms. The molecular formula is C28H34O. The molecule has 0 atom stereocenters. The van der Waals surface area contributed by atoms with Crippen LogP contribution in [-0.2, 0) is 0 Å². The van der Waals surface area contributed by atoms with Gasteiger partial charge >= 0.3 is 0 Å². The standard InChI is InChI=1S/C28H34O/c1-2-3-4-14-21-26(24-17-10-8-11-18-24)27(25-19-12-9-13-20-25)28(29)22-15-6-5-7-16-23-28/h8-13,17-20,29H,2-7,15-16,22-23H2,1H3/b27-26+. The Bertz CT molecular complexity index is 828. The summed E-state index contributed by atoms with van der Waals surface area (Å²) in [7, 11) is 0. The largest absolute Gasteiger partial charge is 0.385 e. The van der Waals surface area contributed by atoms with Crippen LogP contribution in [0.4, 0.5) is 0 Å². The predicted molar refractivity (Wildman–Crippen MR) is 124 cm³/mol. The van der Waals surface area contributed by atoms with E-state index in [0.29, 0.717) is 0 Å². The van der Waals surface area contributed by atoms with Crippen LogP contribution in [0.25, 0.3) is 11.1 Å². The van der Waals surface area contributed by atoms with Crippen molar-refractivity contribution in [2.24, 2.45) is 0 Å². The molecule has 29 heavy (non-hydrogen) atoms. The molecule has 0 radical (unpaired) electrons. The fraction of sp³-hybridized carbons (Fsp3) is 0.429. The van der Waals surface area contributed by atoms with Crippen LogP contribution >= 0.6 is 0 Å². The van der Waals surface area contributed by atoms with Crippen molar-refractivity contribution in [3.63, 3.8) is 0 Å². The molecule has 152 valence electrons. The second-order valence-corrected chi connectivity index (χ2v) is 8.19. The molecule has 1 N–H and O–H groups in total. The van der Waals surface area contributed by atoms with E-state index in [4.69, 9.17) is 0 Å². The second kappa shape index (κ2) is 11.0. The van der Waals surface area contributed by atoms with E-state index in [9.17, 15) is 5.11 Å². The summed E-state index contributed by atoms with van der Waals surface area (Å²) in [6.07, 6.45) is 10.6. The first kappa shape index (κ1) is 21.4. The number of rotatable bonds is 5. The molecule has 1 saturated carbocycles. The summed E-state index contributed by atoms with van der Waals surface area (Å²) in [6, 6.07) is 20.8. The number of hydrogen-bond acceptors (Lipinski definition) is 1. The van der Waals surface area contributed by atoms with Crippen molar-refractivity contribution in [2.45, 2.75) is 76.7 Å². The minimum atomic E-state index is -0.827. The summed E-state index contributed by atoms with van der Waals surface area (Å²) in [6.45, 7) is 2.20. The zero-order valence-corrected chi connectivity index (χ0v) is 17.8. The Balaban J connectivity index is 2.19.